The molecule has 0 unspecified atom stereocenters. The first kappa shape index (κ1) is 38.6. The van der Waals surface area contributed by atoms with Crippen LogP contribution in [0, 0.1) is 0 Å². The average molecular weight is 887 g/mol. The molecule has 0 N–H and O–H groups in total. The molecule has 0 amide bonds. The van der Waals surface area contributed by atoms with Crippen LogP contribution in [0.25, 0.3) is 142 Å². The molecule has 0 atom stereocenters. The molecule has 2 aliphatic carbocycles. The van der Waals surface area contributed by atoms with Crippen molar-refractivity contribution in [3.8, 4) is 55.6 Å². The van der Waals surface area contributed by atoms with Gasteiger partial charge >= 0.3 is 0 Å². The molecule has 14 aromatic rings. The molecule has 0 radical (unpaired) electrons. The second-order valence-electron chi connectivity index (χ2n) is 20.7. The van der Waals surface area contributed by atoms with Crippen LogP contribution >= 0.6 is 0 Å². The second-order valence-corrected chi connectivity index (χ2v) is 20.7. The topological polar surface area (TPSA) is 0 Å². The maximum absolute atomic E-state index is 2.56. The van der Waals surface area contributed by atoms with Gasteiger partial charge in [-0.05, 0) is 202 Å². The van der Waals surface area contributed by atoms with Crippen molar-refractivity contribution in [2.45, 2.75) is 37.5 Å². The third kappa shape index (κ3) is 5.48. The summed E-state index contributed by atoms with van der Waals surface area (Å²) < 4.78 is 0. The lowest BCUT2D eigenvalue weighted by Gasteiger charge is -2.36. The maximum atomic E-state index is 2.56. The van der Waals surface area contributed by atoms with E-state index >= 15 is 0 Å². The highest BCUT2D eigenvalue weighted by molar-refractivity contribution is 6.27. The zero-order chi connectivity index (χ0) is 45.7. The molecule has 1 saturated carbocycles. The van der Waals surface area contributed by atoms with Crippen LogP contribution in [-0.4, -0.2) is 0 Å². The summed E-state index contributed by atoms with van der Waals surface area (Å²) in [4.78, 5) is 0. The third-order valence-electron chi connectivity index (χ3n) is 17.1. The van der Waals surface area contributed by atoms with E-state index in [2.05, 4.69) is 218 Å². The average Bonchev–Trinajstić information content (AvgIpc) is 3.68. The number of benzene rings is 14. The van der Waals surface area contributed by atoms with E-state index in [1.54, 1.807) is 0 Å². The van der Waals surface area contributed by atoms with Gasteiger partial charge in [0.1, 0.15) is 0 Å². The van der Waals surface area contributed by atoms with E-state index < -0.39 is 0 Å². The minimum absolute atomic E-state index is 0.0355. The fourth-order valence-corrected chi connectivity index (χ4v) is 13.7. The van der Waals surface area contributed by atoms with E-state index in [0.29, 0.717) is 0 Å². The Kier molecular flexibility index (Phi) is 7.92. The molecule has 0 heteroatoms. The van der Waals surface area contributed by atoms with E-state index in [-0.39, 0.29) is 5.41 Å². The number of hydrogen-bond donors (Lipinski definition) is 0. The van der Waals surface area contributed by atoms with Crippen molar-refractivity contribution in [1.29, 1.82) is 0 Å². The molecule has 2 aliphatic rings. The van der Waals surface area contributed by atoms with Crippen molar-refractivity contribution in [2.75, 3.05) is 0 Å². The van der Waals surface area contributed by atoms with Crippen molar-refractivity contribution < 1.29 is 0 Å². The summed E-state index contributed by atoms with van der Waals surface area (Å²) in [5, 5.41) is 21.1. The summed E-state index contributed by atoms with van der Waals surface area (Å²) in [7, 11) is 0. The number of fused-ring (bicyclic) bond motifs is 7. The van der Waals surface area contributed by atoms with Crippen LogP contribution in [-0.2, 0) is 5.41 Å². The van der Waals surface area contributed by atoms with Gasteiger partial charge in [0.05, 0.1) is 0 Å². The van der Waals surface area contributed by atoms with Crippen molar-refractivity contribution in [3.05, 3.63) is 230 Å². The normalized spacial score (nSPS) is 14.4. The van der Waals surface area contributed by atoms with Crippen LogP contribution < -0.4 is 0 Å². The van der Waals surface area contributed by atoms with Crippen LogP contribution in [0.5, 0.6) is 0 Å². The molecule has 0 saturated heterocycles. The Balaban J connectivity index is 0.733. The molecule has 1 spiro atoms. The smallest absolute Gasteiger partial charge is 0.0215 e. The van der Waals surface area contributed by atoms with Crippen molar-refractivity contribution in [3.63, 3.8) is 0 Å². The Bertz CT molecular complexity index is 4190. The fourth-order valence-electron chi connectivity index (χ4n) is 13.7. The van der Waals surface area contributed by atoms with Crippen LogP contribution in [0.1, 0.15) is 43.2 Å². The molecule has 0 aliphatic heterocycles. The third-order valence-corrected chi connectivity index (χ3v) is 17.1. The van der Waals surface area contributed by atoms with Gasteiger partial charge < -0.3 is 0 Å². The number of hydrogen-bond acceptors (Lipinski definition) is 0. The van der Waals surface area contributed by atoms with Gasteiger partial charge in [0.2, 0.25) is 0 Å². The lowest BCUT2D eigenvalue weighted by molar-refractivity contribution is 0.353. The Morgan fingerprint density at radius 3 is 0.986 bits per heavy atom. The Morgan fingerprint density at radius 1 is 0.229 bits per heavy atom. The molecule has 0 aromatic heterocycles. The molecule has 326 valence electrons. The van der Waals surface area contributed by atoms with Gasteiger partial charge in [0.25, 0.3) is 0 Å². The first-order chi connectivity index (χ1) is 34.6. The van der Waals surface area contributed by atoms with E-state index in [9.17, 15) is 0 Å². The first-order valence-electron chi connectivity index (χ1n) is 25.3. The molecule has 1 fully saturated rings. The van der Waals surface area contributed by atoms with Gasteiger partial charge in [-0.15, -0.1) is 0 Å². The molecule has 70 heavy (non-hydrogen) atoms. The van der Waals surface area contributed by atoms with Gasteiger partial charge in [-0.2, -0.15) is 0 Å². The highest BCUT2D eigenvalue weighted by atomic mass is 14.5. The molecule has 0 nitrogen and oxygen atoms in total. The van der Waals surface area contributed by atoms with E-state index in [1.807, 2.05) is 0 Å². The summed E-state index contributed by atoms with van der Waals surface area (Å²) in [5.74, 6) is 0. The standard InChI is InChI=1S/C70H46/c1-2-34-70(35-3-1)64-40-54(50-14-16-52-38-56(20-18-48(52)36-50)58-28-22-46-12-10-42-6-4-8-44-24-32-62(58)68(46)66(42)44)26-30-60(64)61-31-27-55(41-65(61)70)51-15-17-53-39-57(21-19-49(53)37-51)59-29-23-47-13-11-43-7-5-9-45-25-33-63(59)69(47)67(43)45/h4-33,36-41H,1-3,34-35H2. The Hall–Kier alpha value is -8.32. The highest BCUT2D eigenvalue weighted by Crippen LogP contribution is 2.57. The molecule has 0 bridgehead atoms. The summed E-state index contributed by atoms with van der Waals surface area (Å²) >= 11 is 0. The van der Waals surface area contributed by atoms with Gasteiger partial charge in [0, 0.05) is 5.41 Å². The SMILES string of the molecule is c1cc2ccc3ccc(-c4ccc5cc(-c6ccc7c(c6)C6(CCCCC6)c6cc(-c8ccc9cc(-c%10ccc%11ccc%12cccc%13ccc%10c%11c%12%13)ccc9c8)ccc6-7)ccc5c4)c4ccc(c1)c2c34. The lowest BCUT2D eigenvalue weighted by atomic mass is 9.67. The van der Waals surface area contributed by atoms with E-state index in [0.717, 1.165) is 0 Å². The summed E-state index contributed by atoms with van der Waals surface area (Å²) in [5.41, 5.74) is 16.2. The number of rotatable bonds is 4. The van der Waals surface area contributed by atoms with Gasteiger partial charge in [-0.1, -0.05) is 201 Å². The first-order valence-corrected chi connectivity index (χ1v) is 25.3. The lowest BCUT2D eigenvalue weighted by Crippen LogP contribution is -2.28. The summed E-state index contributed by atoms with van der Waals surface area (Å²) in [6, 6.07) is 83.9. The second kappa shape index (κ2) is 14.4. The van der Waals surface area contributed by atoms with Crippen LogP contribution in [0.3, 0.4) is 0 Å². The van der Waals surface area contributed by atoms with Crippen LogP contribution in [0.2, 0.25) is 0 Å². The van der Waals surface area contributed by atoms with Crippen LogP contribution in [0.15, 0.2) is 218 Å². The monoisotopic (exact) mass is 886 g/mol. The highest BCUT2D eigenvalue weighted by Gasteiger charge is 2.44. The van der Waals surface area contributed by atoms with Crippen molar-refractivity contribution in [1.82, 2.24) is 0 Å². The minimum atomic E-state index is 0.0355. The van der Waals surface area contributed by atoms with E-state index in [1.165, 1.54) is 185 Å². The Labute approximate surface area is 406 Å². The fraction of sp³-hybridized carbons (Fsp3) is 0.0857. The van der Waals surface area contributed by atoms with Gasteiger partial charge in [0.15, 0.2) is 0 Å². The maximum Gasteiger partial charge on any atom is 0.0215 e. The quantitative estimate of drug-likeness (QED) is 0.155. The van der Waals surface area contributed by atoms with Crippen LogP contribution in [0.4, 0.5) is 0 Å². The zero-order valence-corrected chi connectivity index (χ0v) is 38.8. The minimum Gasteiger partial charge on any atom is -0.0610 e. The van der Waals surface area contributed by atoms with Gasteiger partial charge in [-0.25, -0.2) is 0 Å². The molecule has 0 heterocycles. The predicted octanol–water partition coefficient (Wildman–Crippen LogP) is 19.7. The largest absolute Gasteiger partial charge is 0.0610 e. The van der Waals surface area contributed by atoms with Crippen molar-refractivity contribution in [2.24, 2.45) is 0 Å². The Morgan fingerprint density at radius 2 is 0.543 bits per heavy atom. The molecular formula is C70H46. The van der Waals surface area contributed by atoms with E-state index in [4.69, 9.17) is 0 Å². The molecule has 14 aromatic carbocycles. The summed E-state index contributed by atoms with van der Waals surface area (Å²) in [6.07, 6.45) is 6.25. The zero-order valence-electron chi connectivity index (χ0n) is 38.8. The molecular weight excluding hydrogens is 841 g/mol. The predicted molar refractivity (Wildman–Crippen MR) is 300 cm³/mol. The molecule has 16 rings (SSSR count). The summed E-state index contributed by atoms with van der Waals surface area (Å²) in [6.45, 7) is 0. The van der Waals surface area contributed by atoms with Crippen molar-refractivity contribution >= 4 is 86.2 Å². The van der Waals surface area contributed by atoms with Gasteiger partial charge in [-0.3, -0.25) is 0 Å².